The first-order chi connectivity index (χ1) is 10.7. The van der Waals surface area contributed by atoms with Crippen molar-refractivity contribution < 1.29 is 14.2 Å². The molecule has 2 radical (unpaired) electrons. The van der Waals surface area contributed by atoms with Gasteiger partial charge < -0.3 is 19.5 Å². The molecule has 5 heteroatoms. The Morgan fingerprint density at radius 1 is 0.818 bits per heavy atom. The first-order valence-electron chi connectivity index (χ1n) is 7.02. The molecule has 0 aliphatic rings. The molecule has 0 heterocycles. The molecular weight excluding hydrogens is 277 g/mol. The van der Waals surface area contributed by atoms with Gasteiger partial charge >= 0.3 is 0 Å². The van der Waals surface area contributed by atoms with Crippen LogP contribution >= 0.6 is 0 Å². The number of hydrogen-bond donors (Lipinski definition) is 1. The summed E-state index contributed by atoms with van der Waals surface area (Å²) in [5, 5.41) is 3.38. The monoisotopic (exact) mass is 297 g/mol. The van der Waals surface area contributed by atoms with Crippen LogP contribution in [0.25, 0.3) is 0 Å². The van der Waals surface area contributed by atoms with Gasteiger partial charge in [0.15, 0.2) is 11.5 Å². The fourth-order valence-corrected chi connectivity index (χ4v) is 2.22. The summed E-state index contributed by atoms with van der Waals surface area (Å²) in [6.07, 6.45) is 0. The lowest BCUT2D eigenvalue weighted by Crippen LogP contribution is -2.13. The lowest BCUT2D eigenvalue weighted by Gasteiger charge is -2.14. The predicted octanol–water partition coefficient (Wildman–Crippen LogP) is 1.80. The van der Waals surface area contributed by atoms with E-state index in [1.54, 1.807) is 21.3 Å². The normalized spacial score (nSPS) is 10.3. The van der Waals surface area contributed by atoms with Gasteiger partial charge in [-0.2, -0.15) is 0 Å². The maximum Gasteiger partial charge on any atom is 0.203 e. The van der Waals surface area contributed by atoms with Crippen molar-refractivity contribution in [2.75, 3.05) is 21.3 Å². The third-order valence-corrected chi connectivity index (χ3v) is 3.36. The van der Waals surface area contributed by atoms with Gasteiger partial charge in [-0.25, -0.2) is 0 Å². The van der Waals surface area contributed by atoms with Crippen LogP contribution in [-0.2, 0) is 13.1 Å². The van der Waals surface area contributed by atoms with Crippen LogP contribution in [0, 0.1) is 0 Å². The molecule has 0 atom stereocenters. The molecule has 0 aromatic heterocycles. The van der Waals surface area contributed by atoms with Gasteiger partial charge in [0, 0.05) is 13.1 Å². The molecule has 1 N–H and O–H groups in total. The van der Waals surface area contributed by atoms with E-state index in [1.165, 1.54) is 5.56 Å². The van der Waals surface area contributed by atoms with E-state index in [1.807, 2.05) is 36.4 Å². The average molecular weight is 297 g/mol. The lowest BCUT2D eigenvalue weighted by atomic mass is 9.95. The van der Waals surface area contributed by atoms with Crippen molar-refractivity contribution in [1.29, 1.82) is 0 Å². The minimum Gasteiger partial charge on any atom is -0.493 e. The van der Waals surface area contributed by atoms with Gasteiger partial charge in [0.2, 0.25) is 5.75 Å². The highest BCUT2D eigenvalue weighted by atomic mass is 16.5. The highest BCUT2D eigenvalue weighted by Gasteiger charge is 2.12. The molecule has 0 bridgehead atoms. The Morgan fingerprint density at radius 2 is 1.36 bits per heavy atom. The van der Waals surface area contributed by atoms with E-state index in [0.29, 0.717) is 23.8 Å². The minimum absolute atomic E-state index is 0.604. The molecule has 0 spiro atoms. The fourth-order valence-electron chi connectivity index (χ4n) is 2.22. The molecule has 2 rings (SSSR count). The van der Waals surface area contributed by atoms with Crippen molar-refractivity contribution in [2.45, 2.75) is 13.1 Å². The molecule has 4 nitrogen and oxygen atoms in total. The van der Waals surface area contributed by atoms with E-state index in [-0.39, 0.29) is 0 Å². The Kier molecular flexibility index (Phi) is 5.72. The highest BCUT2D eigenvalue weighted by molar-refractivity contribution is 6.32. The van der Waals surface area contributed by atoms with Crippen LogP contribution < -0.4 is 25.0 Å². The smallest absolute Gasteiger partial charge is 0.203 e. The zero-order valence-corrected chi connectivity index (χ0v) is 13.2. The zero-order valence-electron chi connectivity index (χ0n) is 13.2. The molecule has 0 aliphatic carbocycles. The van der Waals surface area contributed by atoms with Crippen molar-refractivity contribution in [2.24, 2.45) is 0 Å². The summed E-state index contributed by atoms with van der Waals surface area (Å²) in [5.41, 5.74) is 3.01. The summed E-state index contributed by atoms with van der Waals surface area (Å²) in [6, 6.07) is 11.7. The van der Waals surface area contributed by atoms with Gasteiger partial charge in [0.25, 0.3) is 0 Å². The molecule has 0 saturated carbocycles. The van der Waals surface area contributed by atoms with Gasteiger partial charge in [-0.15, -0.1) is 0 Å². The van der Waals surface area contributed by atoms with Crippen LogP contribution in [0.2, 0.25) is 0 Å². The second-order valence-corrected chi connectivity index (χ2v) is 4.88. The summed E-state index contributed by atoms with van der Waals surface area (Å²) >= 11 is 0. The Labute approximate surface area is 132 Å². The number of benzene rings is 2. The van der Waals surface area contributed by atoms with E-state index in [2.05, 4.69) is 5.32 Å². The number of nitrogens with one attached hydrogen (secondary N) is 1. The standard InChI is InChI=1S/C17H20BNO3/c1-20-15-8-13(9-16(21-2)17(15)22-3)11-19-10-12-4-6-14(18)7-5-12/h4-9,19H,10-11H2,1-3H3. The van der Waals surface area contributed by atoms with Crippen molar-refractivity contribution in [3.63, 3.8) is 0 Å². The number of methoxy groups -OCH3 is 3. The van der Waals surface area contributed by atoms with Crippen LogP contribution in [0.5, 0.6) is 17.2 Å². The molecule has 2 aromatic rings. The molecule has 22 heavy (non-hydrogen) atoms. The first kappa shape index (κ1) is 16.2. The quantitative estimate of drug-likeness (QED) is 0.791. The second-order valence-electron chi connectivity index (χ2n) is 4.88. The van der Waals surface area contributed by atoms with Crippen molar-refractivity contribution in [1.82, 2.24) is 5.32 Å². The van der Waals surface area contributed by atoms with Crippen molar-refractivity contribution in [3.8, 4) is 17.2 Å². The van der Waals surface area contributed by atoms with E-state index in [0.717, 1.165) is 17.6 Å². The molecule has 114 valence electrons. The SMILES string of the molecule is [B]c1ccc(CNCc2cc(OC)c(OC)c(OC)c2)cc1. The van der Waals surface area contributed by atoms with Crippen LogP contribution in [0.15, 0.2) is 36.4 Å². The Balaban J connectivity index is 2.04. The first-order valence-corrected chi connectivity index (χ1v) is 7.02. The topological polar surface area (TPSA) is 39.7 Å². The fraction of sp³-hybridized carbons (Fsp3) is 0.294. The average Bonchev–Trinajstić information content (AvgIpc) is 2.55. The van der Waals surface area contributed by atoms with E-state index in [4.69, 9.17) is 22.1 Å². The van der Waals surface area contributed by atoms with Crippen LogP contribution in [0.1, 0.15) is 11.1 Å². The van der Waals surface area contributed by atoms with Gasteiger partial charge in [-0.05, 0) is 23.3 Å². The molecule has 0 saturated heterocycles. The van der Waals surface area contributed by atoms with Gasteiger partial charge in [0.1, 0.15) is 7.85 Å². The van der Waals surface area contributed by atoms with Crippen molar-refractivity contribution >= 4 is 13.3 Å². The summed E-state index contributed by atoms with van der Waals surface area (Å²) in [7, 11) is 10.5. The lowest BCUT2D eigenvalue weighted by molar-refractivity contribution is 0.323. The van der Waals surface area contributed by atoms with Gasteiger partial charge in [0.05, 0.1) is 21.3 Å². The second kappa shape index (κ2) is 7.75. The molecule has 2 aromatic carbocycles. The summed E-state index contributed by atoms with van der Waals surface area (Å²) in [4.78, 5) is 0. The number of ether oxygens (including phenoxy) is 3. The summed E-state index contributed by atoms with van der Waals surface area (Å²) in [5.74, 6) is 1.92. The van der Waals surface area contributed by atoms with E-state index in [9.17, 15) is 0 Å². The zero-order chi connectivity index (χ0) is 15.9. The summed E-state index contributed by atoms with van der Waals surface area (Å²) < 4.78 is 16.0. The highest BCUT2D eigenvalue weighted by Crippen LogP contribution is 2.38. The largest absolute Gasteiger partial charge is 0.493 e. The van der Waals surface area contributed by atoms with Crippen LogP contribution in [-0.4, -0.2) is 29.2 Å². The van der Waals surface area contributed by atoms with Gasteiger partial charge in [-0.1, -0.05) is 29.7 Å². The maximum atomic E-state index is 5.68. The molecule has 0 fully saturated rings. The molecular formula is C17H20BNO3. The number of rotatable bonds is 7. The Morgan fingerprint density at radius 3 is 1.86 bits per heavy atom. The number of hydrogen-bond acceptors (Lipinski definition) is 4. The minimum atomic E-state index is 0.604. The molecule has 0 aliphatic heterocycles. The predicted molar refractivity (Wildman–Crippen MR) is 88.5 cm³/mol. The van der Waals surface area contributed by atoms with Crippen LogP contribution in [0.4, 0.5) is 0 Å². The van der Waals surface area contributed by atoms with E-state index >= 15 is 0 Å². The van der Waals surface area contributed by atoms with Crippen LogP contribution in [0.3, 0.4) is 0 Å². The third-order valence-electron chi connectivity index (χ3n) is 3.36. The molecule has 0 amide bonds. The van der Waals surface area contributed by atoms with Crippen molar-refractivity contribution in [3.05, 3.63) is 47.5 Å². The Hall–Kier alpha value is -2.14. The molecule has 0 unspecified atom stereocenters. The third kappa shape index (κ3) is 3.95. The Bertz CT molecular complexity index is 589. The summed E-state index contributed by atoms with van der Waals surface area (Å²) in [6.45, 7) is 1.46. The van der Waals surface area contributed by atoms with Gasteiger partial charge in [-0.3, -0.25) is 0 Å². The van der Waals surface area contributed by atoms with E-state index < -0.39 is 0 Å². The maximum absolute atomic E-state index is 5.68.